The number of rotatable bonds is 5. The molecule has 0 spiro atoms. The predicted octanol–water partition coefficient (Wildman–Crippen LogP) is -0.761. The van der Waals surface area contributed by atoms with E-state index in [-0.39, 0.29) is 30.4 Å². The summed E-state index contributed by atoms with van der Waals surface area (Å²) < 4.78 is 28.0. The van der Waals surface area contributed by atoms with Crippen LogP contribution in [0.4, 0.5) is 5.82 Å². The monoisotopic (exact) mass is 276 g/mol. The van der Waals surface area contributed by atoms with Gasteiger partial charge in [-0.1, -0.05) is 0 Å². The van der Waals surface area contributed by atoms with Crippen LogP contribution in [0.1, 0.15) is 23.2 Å². The first-order valence-electron chi connectivity index (χ1n) is 5.26. The van der Waals surface area contributed by atoms with Crippen LogP contribution in [0.5, 0.6) is 0 Å². The predicted molar refractivity (Wildman–Crippen MR) is 65.3 cm³/mol. The maximum atomic E-state index is 11.5. The van der Waals surface area contributed by atoms with Crippen molar-refractivity contribution >= 4 is 21.8 Å². The molecule has 0 atom stereocenters. The van der Waals surface area contributed by atoms with Crippen LogP contribution in [0.3, 0.4) is 0 Å². The number of nitrogen functional groups attached to an aromatic ring is 1. The van der Waals surface area contributed by atoms with E-state index in [2.05, 4.69) is 4.98 Å². The van der Waals surface area contributed by atoms with Crippen LogP contribution in [-0.2, 0) is 21.3 Å². The molecular formula is C9H16N4O4S. The smallest absolute Gasteiger partial charge is 0.360 e. The van der Waals surface area contributed by atoms with E-state index in [0.29, 0.717) is 5.82 Å². The summed E-state index contributed by atoms with van der Waals surface area (Å²) in [6.07, 6.45) is 0. The van der Waals surface area contributed by atoms with Gasteiger partial charge < -0.3 is 15.0 Å². The lowest BCUT2D eigenvalue weighted by Crippen LogP contribution is -2.21. The van der Waals surface area contributed by atoms with Crippen molar-refractivity contribution in [3.63, 3.8) is 0 Å². The molecule has 0 aliphatic heterocycles. The van der Waals surface area contributed by atoms with Gasteiger partial charge in [0, 0.05) is 6.54 Å². The number of primary sulfonamides is 1. The highest BCUT2D eigenvalue weighted by molar-refractivity contribution is 7.89. The minimum absolute atomic E-state index is 0.0104. The van der Waals surface area contributed by atoms with Gasteiger partial charge in [0.05, 0.1) is 12.4 Å². The third-order valence-corrected chi connectivity index (χ3v) is 3.02. The molecule has 18 heavy (non-hydrogen) atoms. The number of nitrogens with two attached hydrogens (primary N) is 2. The lowest BCUT2D eigenvalue weighted by Gasteiger charge is -2.06. The van der Waals surface area contributed by atoms with Crippen molar-refractivity contribution in [2.75, 3.05) is 18.1 Å². The quantitative estimate of drug-likeness (QED) is 0.680. The molecule has 9 heteroatoms. The van der Waals surface area contributed by atoms with Gasteiger partial charge in [-0.25, -0.2) is 23.3 Å². The highest BCUT2D eigenvalue weighted by atomic mass is 32.2. The van der Waals surface area contributed by atoms with Gasteiger partial charge in [-0.3, -0.25) is 0 Å². The maximum absolute atomic E-state index is 11.5. The second-order valence-electron chi connectivity index (χ2n) is 3.63. The van der Waals surface area contributed by atoms with Crippen molar-refractivity contribution in [1.29, 1.82) is 0 Å². The zero-order valence-corrected chi connectivity index (χ0v) is 11.0. The van der Waals surface area contributed by atoms with Crippen LogP contribution >= 0.6 is 0 Å². The van der Waals surface area contributed by atoms with Crippen molar-refractivity contribution in [3.05, 3.63) is 11.5 Å². The number of hydrogen-bond donors (Lipinski definition) is 2. The Labute approximate surface area is 105 Å². The molecule has 0 amide bonds. The van der Waals surface area contributed by atoms with Gasteiger partial charge in [-0.05, 0) is 13.8 Å². The first-order valence-corrected chi connectivity index (χ1v) is 6.98. The van der Waals surface area contributed by atoms with Gasteiger partial charge in [0.25, 0.3) is 0 Å². The molecule has 1 heterocycles. The van der Waals surface area contributed by atoms with E-state index in [9.17, 15) is 13.2 Å². The minimum Gasteiger partial charge on any atom is -0.461 e. The minimum atomic E-state index is -3.60. The van der Waals surface area contributed by atoms with Crippen LogP contribution < -0.4 is 10.9 Å². The lowest BCUT2D eigenvalue weighted by molar-refractivity contribution is 0.0521. The molecule has 1 rings (SSSR count). The van der Waals surface area contributed by atoms with E-state index in [4.69, 9.17) is 15.6 Å². The van der Waals surface area contributed by atoms with Gasteiger partial charge in [-0.2, -0.15) is 0 Å². The van der Waals surface area contributed by atoms with E-state index in [0.717, 1.165) is 0 Å². The van der Waals surface area contributed by atoms with E-state index in [1.807, 2.05) is 0 Å². The van der Waals surface area contributed by atoms with Gasteiger partial charge in [0.2, 0.25) is 10.0 Å². The fourth-order valence-electron chi connectivity index (χ4n) is 1.43. The second kappa shape index (κ2) is 5.36. The number of sulfonamides is 1. The Morgan fingerprint density at radius 3 is 2.61 bits per heavy atom. The molecule has 0 radical (unpaired) electrons. The summed E-state index contributed by atoms with van der Waals surface area (Å²) in [6, 6.07) is 0. The van der Waals surface area contributed by atoms with Crippen molar-refractivity contribution in [2.24, 2.45) is 5.14 Å². The molecule has 0 aliphatic rings. The molecule has 8 nitrogen and oxygen atoms in total. The Bertz CT molecular complexity index is 549. The summed E-state index contributed by atoms with van der Waals surface area (Å²) in [5, 5.41) is 4.90. The summed E-state index contributed by atoms with van der Waals surface area (Å²) in [5.41, 5.74) is 5.72. The molecule has 0 saturated carbocycles. The number of esters is 1. The summed E-state index contributed by atoms with van der Waals surface area (Å²) >= 11 is 0. The van der Waals surface area contributed by atoms with Crippen LogP contribution in [0.15, 0.2) is 0 Å². The Kier molecular flexibility index (Phi) is 4.30. The topological polar surface area (TPSA) is 130 Å². The largest absolute Gasteiger partial charge is 0.461 e. The number of aryl methyl sites for hydroxylation is 1. The molecule has 1 aromatic heterocycles. The standard InChI is InChI=1S/C9H16N4O4S/c1-3-17-9(14)7-8(10)13(6(2)12-7)4-5-18(11,15)16/h3-5,10H2,1-2H3,(H2,11,15,16). The Morgan fingerprint density at radius 1 is 1.50 bits per heavy atom. The van der Waals surface area contributed by atoms with Gasteiger partial charge in [-0.15, -0.1) is 0 Å². The third kappa shape index (κ3) is 3.44. The van der Waals surface area contributed by atoms with E-state index in [1.54, 1.807) is 13.8 Å². The fraction of sp³-hybridized carbons (Fsp3) is 0.556. The Balaban J connectivity index is 2.97. The molecule has 0 aromatic carbocycles. The zero-order chi connectivity index (χ0) is 13.9. The SMILES string of the molecule is CCOC(=O)c1nc(C)n(CCS(N)(=O)=O)c1N. The summed E-state index contributed by atoms with van der Waals surface area (Å²) in [4.78, 5) is 15.5. The highest BCUT2D eigenvalue weighted by Gasteiger charge is 2.20. The first-order chi connectivity index (χ1) is 8.26. The number of hydrogen-bond acceptors (Lipinski definition) is 6. The summed E-state index contributed by atoms with van der Waals surface area (Å²) in [7, 11) is -3.60. The maximum Gasteiger partial charge on any atom is 0.360 e. The Hall–Kier alpha value is -1.61. The Morgan fingerprint density at radius 2 is 2.11 bits per heavy atom. The van der Waals surface area contributed by atoms with Gasteiger partial charge >= 0.3 is 5.97 Å². The molecular weight excluding hydrogens is 260 g/mol. The molecule has 102 valence electrons. The molecule has 4 N–H and O–H groups in total. The summed E-state index contributed by atoms with van der Waals surface area (Å²) in [5.74, 6) is -0.405. The number of nitrogens with zero attached hydrogens (tertiary/aromatic N) is 2. The molecule has 1 aromatic rings. The average Bonchev–Trinajstić information content (AvgIpc) is 2.51. The number of imidazole rings is 1. The molecule has 0 fully saturated rings. The van der Waals surface area contributed by atoms with E-state index in [1.165, 1.54) is 4.57 Å². The van der Waals surface area contributed by atoms with Gasteiger partial charge in [0.1, 0.15) is 11.6 Å². The van der Waals surface area contributed by atoms with Crippen LogP contribution in [0.2, 0.25) is 0 Å². The van der Waals surface area contributed by atoms with E-state index < -0.39 is 16.0 Å². The number of carbonyl (C=O) groups excluding carboxylic acids is 1. The number of anilines is 1. The summed E-state index contributed by atoms with van der Waals surface area (Å²) in [6.45, 7) is 3.53. The fourth-order valence-corrected chi connectivity index (χ4v) is 1.87. The first kappa shape index (κ1) is 14.5. The average molecular weight is 276 g/mol. The highest BCUT2D eigenvalue weighted by Crippen LogP contribution is 2.15. The van der Waals surface area contributed by atoms with Crippen LogP contribution in [0.25, 0.3) is 0 Å². The van der Waals surface area contributed by atoms with Crippen molar-refractivity contribution in [2.45, 2.75) is 20.4 Å². The van der Waals surface area contributed by atoms with Gasteiger partial charge in [0.15, 0.2) is 5.69 Å². The second-order valence-corrected chi connectivity index (χ2v) is 5.37. The molecule has 0 unspecified atom stereocenters. The number of ether oxygens (including phenoxy) is 1. The number of carbonyl (C=O) groups is 1. The van der Waals surface area contributed by atoms with Crippen LogP contribution in [0, 0.1) is 6.92 Å². The zero-order valence-electron chi connectivity index (χ0n) is 10.2. The van der Waals surface area contributed by atoms with Crippen LogP contribution in [-0.4, -0.2) is 36.3 Å². The van der Waals surface area contributed by atoms with E-state index >= 15 is 0 Å². The van der Waals surface area contributed by atoms with Crippen molar-refractivity contribution < 1.29 is 17.9 Å². The van der Waals surface area contributed by atoms with Crippen molar-refractivity contribution in [1.82, 2.24) is 9.55 Å². The normalized spacial score (nSPS) is 11.5. The third-order valence-electron chi connectivity index (χ3n) is 2.27. The molecule has 0 saturated heterocycles. The number of aromatic nitrogens is 2. The lowest BCUT2D eigenvalue weighted by atomic mass is 10.4. The van der Waals surface area contributed by atoms with Crippen molar-refractivity contribution in [3.8, 4) is 0 Å². The molecule has 0 aliphatic carbocycles. The molecule has 0 bridgehead atoms.